The van der Waals surface area contributed by atoms with Crippen LogP contribution in [0.15, 0.2) is 65.2 Å². The minimum Gasteiger partial charge on any atom is -0.489 e. The number of aromatic nitrogens is 2. The number of nitrogens with one attached hydrogen (secondary N) is 1. The van der Waals surface area contributed by atoms with Crippen molar-refractivity contribution in [1.29, 1.82) is 5.41 Å². The van der Waals surface area contributed by atoms with Crippen LogP contribution < -0.4 is 10.5 Å². The Hall–Kier alpha value is -3.87. The zero-order valence-electron chi connectivity index (χ0n) is 17.9. The topological polar surface area (TPSA) is 101 Å². The number of benzene rings is 3. The predicted octanol–water partition coefficient (Wildman–Crippen LogP) is 4.81. The van der Waals surface area contributed by atoms with Crippen molar-refractivity contribution in [1.82, 2.24) is 15.0 Å². The summed E-state index contributed by atoms with van der Waals surface area (Å²) in [5.41, 5.74) is 8.95. The van der Waals surface area contributed by atoms with Crippen LogP contribution in [0.2, 0.25) is 0 Å². The molecule has 0 amide bonds. The van der Waals surface area contributed by atoms with E-state index in [1.807, 2.05) is 42.5 Å². The van der Waals surface area contributed by atoms with Crippen LogP contribution in [0.25, 0.3) is 22.2 Å². The number of fused-ring (bicyclic) bond motifs is 1. The Labute approximate surface area is 186 Å². The number of nitrogens with two attached hydrogens (primary N) is 1. The molecule has 162 valence electrons. The molecule has 0 spiro atoms. The van der Waals surface area contributed by atoms with Gasteiger partial charge in [0.15, 0.2) is 5.96 Å². The number of likely N-dealkylation sites (tertiary alicyclic amines) is 1. The van der Waals surface area contributed by atoms with Gasteiger partial charge in [0, 0.05) is 12.1 Å². The molecule has 7 nitrogen and oxygen atoms in total. The maximum absolute atomic E-state index is 7.74. The molecule has 4 aromatic rings. The molecule has 0 aliphatic carbocycles. The molecule has 1 aliphatic heterocycles. The number of hydrogen-bond donors (Lipinski definition) is 2. The Morgan fingerprint density at radius 1 is 1.16 bits per heavy atom. The van der Waals surface area contributed by atoms with Crippen LogP contribution in [0.3, 0.4) is 0 Å². The largest absolute Gasteiger partial charge is 0.489 e. The van der Waals surface area contributed by atoms with Crippen molar-refractivity contribution in [3.05, 3.63) is 77.7 Å². The van der Waals surface area contributed by atoms with Crippen molar-refractivity contribution < 1.29 is 9.26 Å². The fraction of sp³-hybridized carbons (Fsp3) is 0.240. The average Bonchev–Trinajstić information content (AvgIpc) is 3.47. The Bertz CT molecular complexity index is 1280. The van der Waals surface area contributed by atoms with Crippen LogP contribution in [-0.2, 0) is 6.61 Å². The number of ether oxygens (including phenoxy) is 1. The minimum atomic E-state index is -0.123. The first-order valence-electron chi connectivity index (χ1n) is 10.7. The molecule has 1 aromatic heterocycles. The molecule has 32 heavy (non-hydrogen) atoms. The molecule has 5 rings (SSSR count). The van der Waals surface area contributed by atoms with E-state index in [2.05, 4.69) is 35.3 Å². The molecule has 3 aromatic carbocycles. The highest BCUT2D eigenvalue weighted by atomic mass is 16.5. The maximum Gasteiger partial charge on any atom is 0.249 e. The van der Waals surface area contributed by atoms with Gasteiger partial charge in [0.25, 0.3) is 0 Å². The lowest BCUT2D eigenvalue weighted by Crippen LogP contribution is -2.35. The van der Waals surface area contributed by atoms with Gasteiger partial charge < -0.3 is 19.9 Å². The van der Waals surface area contributed by atoms with Gasteiger partial charge >= 0.3 is 0 Å². The summed E-state index contributed by atoms with van der Waals surface area (Å²) in [5.74, 6) is 1.92. The summed E-state index contributed by atoms with van der Waals surface area (Å²) in [6.07, 6.45) is 1.80. The molecule has 2 heterocycles. The summed E-state index contributed by atoms with van der Waals surface area (Å²) >= 11 is 0. The molecule has 3 N–H and O–H groups in total. The van der Waals surface area contributed by atoms with E-state index < -0.39 is 0 Å². The molecule has 1 aliphatic rings. The fourth-order valence-corrected chi connectivity index (χ4v) is 4.22. The molecule has 0 saturated carbocycles. The molecule has 0 unspecified atom stereocenters. The van der Waals surface area contributed by atoms with Gasteiger partial charge in [0.2, 0.25) is 11.7 Å². The second-order valence-corrected chi connectivity index (χ2v) is 8.19. The summed E-state index contributed by atoms with van der Waals surface area (Å²) in [7, 11) is 0. The Balaban J connectivity index is 1.33. The van der Waals surface area contributed by atoms with Gasteiger partial charge in [0.1, 0.15) is 18.4 Å². The van der Waals surface area contributed by atoms with Crippen LogP contribution in [0.4, 0.5) is 0 Å². The van der Waals surface area contributed by atoms with Gasteiger partial charge in [-0.05, 0) is 54.3 Å². The molecule has 1 saturated heterocycles. The maximum atomic E-state index is 7.74. The van der Waals surface area contributed by atoms with Crippen LogP contribution in [0, 0.1) is 12.3 Å². The molecule has 7 heteroatoms. The second-order valence-electron chi connectivity index (χ2n) is 8.19. The first-order chi connectivity index (χ1) is 15.6. The van der Waals surface area contributed by atoms with Gasteiger partial charge in [0.05, 0.1) is 0 Å². The van der Waals surface area contributed by atoms with Gasteiger partial charge in [-0.1, -0.05) is 53.2 Å². The monoisotopic (exact) mass is 427 g/mol. The Morgan fingerprint density at radius 3 is 2.84 bits per heavy atom. The summed E-state index contributed by atoms with van der Waals surface area (Å²) in [6.45, 7) is 3.36. The van der Waals surface area contributed by atoms with E-state index in [4.69, 9.17) is 20.4 Å². The van der Waals surface area contributed by atoms with Crippen LogP contribution in [0.5, 0.6) is 5.75 Å². The quantitative estimate of drug-likeness (QED) is 0.350. The first kappa shape index (κ1) is 20.1. The smallest absolute Gasteiger partial charge is 0.249 e. The third-order valence-corrected chi connectivity index (χ3v) is 5.85. The van der Waals surface area contributed by atoms with Gasteiger partial charge in [-0.2, -0.15) is 4.98 Å². The van der Waals surface area contributed by atoms with E-state index in [0.29, 0.717) is 18.3 Å². The Kier molecular flexibility index (Phi) is 5.23. The average molecular weight is 428 g/mol. The number of nitrogens with zero attached hydrogens (tertiary/aromatic N) is 3. The summed E-state index contributed by atoms with van der Waals surface area (Å²) < 4.78 is 11.5. The van der Waals surface area contributed by atoms with E-state index >= 15 is 0 Å². The second kappa shape index (κ2) is 8.34. The standard InChI is InChI=1S/C25H25N5O2/c1-16-4-2-5-17(12-16)15-31-21-10-9-18-13-20(8-7-19(18)14-21)23-28-24(32-29-23)22-6-3-11-30(22)25(26)27/h2,4-5,7-10,12-14,22H,3,6,11,15H2,1H3,(H3,26,27)/t22-/m0/s1. The SMILES string of the molecule is Cc1cccc(COc2ccc3cc(-c4noc([C@@H]5CCCN5C(=N)N)n4)ccc3c2)c1. The van der Waals surface area contributed by atoms with Crippen LogP contribution in [-0.4, -0.2) is 27.5 Å². The van der Waals surface area contributed by atoms with E-state index in [1.54, 1.807) is 4.90 Å². The molecule has 1 fully saturated rings. The van der Waals surface area contributed by atoms with Crippen LogP contribution >= 0.6 is 0 Å². The van der Waals surface area contributed by atoms with Crippen molar-refractivity contribution >= 4 is 16.7 Å². The Morgan fingerprint density at radius 2 is 2.00 bits per heavy atom. The van der Waals surface area contributed by atoms with Crippen molar-refractivity contribution in [2.75, 3.05) is 6.54 Å². The minimum absolute atomic E-state index is 0.0402. The third kappa shape index (κ3) is 4.01. The number of hydrogen-bond acceptors (Lipinski definition) is 5. The van der Waals surface area contributed by atoms with Crippen molar-refractivity contribution in [3.8, 4) is 17.1 Å². The van der Waals surface area contributed by atoms with E-state index in [0.717, 1.165) is 47.0 Å². The number of rotatable bonds is 5. The summed E-state index contributed by atoms with van der Waals surface area (Å²) in [5, 5.41) is 14.1. The summed E-state index contributed by atoms with van der Waals surface area (Å²) in [4.78, 5) is 6.39. The van der Waals surface area contributed by atoms with E-state index in [9.17, 15) is 0 Å². The normalized spacial score (nSPS) is 15.9. The molecular formula is C25H25N5O2. The number of aryl methyl sites for hydroxylation is 1. The first-order valence-corrected chi connectivity index (χ1v) is 10.7. The van der Waals surface area contributed by atoms with Gasteiger partial charge in [-0.15, -0.1) is 0 Å². The zero-order valence-corrected chi connectivity index (χ0v) is 17.9. The lowest BCUT2D eigenvalue weighted by atomic mass is 10.1. The highest BCUT2D eigenvalue weighted by Gasteiger charge is 2.31. The van der Waals surface area contributed by atoms with Gasteiger partial charge in [-0.25, -0.2) is 0 Å². The highest BCUT2D eigenvalue weighted by molar-refractivity contribution is 5.87. The fourth-order valence-electron chi connectivity index (χ4n) is 4.22. The van der Waals surface area contributed by atoms with Crippen molar-refractivity contribution in [2.45, 2.75) is 32.4 Å². The number of guanidine groups is 1. The highest BCUT2D eigenvalue weighted by Crippen LogP contribution is 2.32. The predicted molar refractivity (Wildman–Crippen MR) is 123 cm³/mol. The molecule has 1 atom stereocenters. The molecule has 0 radical (unpaired) electrons. The van der Waals surface area contributed by atoms with Crippen LogP contribution in [0.1, 0.15) is 35.9 Å². The molecular weight excluding hydrogens is 402 g/mol. The summed E-state index contributed by atoms with van der Waals surface area (Å²) in [6, 6.07) is 20.3. The van der Waals surface area contributed by atoms with Crippen molar-refractivity contribution in [2.24, 2.45) is 5.73 Å². The molecule has 0 bridgehead atoms. The van der Waals surface area contributed by atoms with E-state index in [1.165, 1.54) is 5.56 Å². The van der Waals surface area contributed by atoms with E-state index in [-0.39, 0.29) is 12.0 Å². The third-order valence-electron chi connectivity index (χ3n) is 5.85. The van der Waals surface area contributed by atoms with Crippen molar-refractivity contribution in [3.63, 3.8) is 0 Å². The lowest BCUT2D eigenvalue weighted by molar-refractivity contribution is 0.283. The van der Waals surface area contributed by atoms with Gasteiger partial charge in [-0.3, -0.25) is 5.41 Å². The lowest BCUT2D eigenvalue weighted by Gasteiger charge is -2.21. The zero-order chi connectivity index (χ0) is 22.1.